The number of imidazole rings is 1. The summed E-state index contributed by atoms with van der Waals surface area (Å²) in [7, 11) is 0. The molecule has 0 unspecified atom stereocenters. The van der Waals surface area contributed by atoms with Gasteiger partial charge in [-0.1, -0.05) is 18.2 Å². The van der Waals surface area contributed by atoms with Gasteiger partial charge in [-0.15, -0.1) is 0 Å². The number of nitrogens with one attached hydrogen (secondary N) is 2. The number of benzene rings is 1. The van der Waals surface area contributed by atoms with Gasteiger partial charge in [-0.05, 0) is 45.0 Å². The summed E-state index contributed by atoms with van der Waals surface area (Å²) < 4.78 is 1.81. The van der Waals surface area contributed by atoms with Crippen LogP contribution in [0, 0.1) is 0 Å². The Hall–Kier alpha value is -2.93. The number of H-pyrrole nitrogens is 1. The second-order valence-electron chi connectivity index (χ2n) is 6.73. The van der Waals surface area contributed by atoms with Crippen molar-refractivity contribution >= 4 is 5.91 Å². The lowest BCUT2D eigenvalue weighted by Gasteiger charge is -2.33. The Kier molecular flexibility index (Phi) is 5.02. The molecule has 3 heterocycles. The average Bonchev–Trinajstić information content (AvgIpc) is 3.40. The Morgan fingerprint density at radius 1 is 1.22 bits per heavy atom. The van der Waals surface area contributed by atoms with E-state index in [1.807, 2.05) is 53.0 Å². The number of amides is 1. The van der Waals surface area contributed by atoms with Crippen molar-refractivity contribution in [2.24, 2.45) is 0 Å². The van der Waals surface area contributed by atoms with Crippen molar-refractivity contribution in [2.45, 2.75) is 25.8 Å². The van der Waals surface area contributed by atoms with Gasteiger partial charge in [-0.25, -0.2) is 9.67 Å². The highest BCUT2D eigenvalue weighted by Crippen LogP contribution is 2.20. The van der Waals surface area contributed by atoms with Crippen LogP contribution in [0.4, 0.5) is 0 Å². The first-order valence-corrected chi connectivity index (χ1v) is 9.43. The summed E-state index contributed by atoms with van der Waals surface area (Å²) in [6.07, 6.45) is 7.38. The third-order valence-electron chi connectivity index (χ3n) is 5.04. The van der Waals surface area contributed by atoms with Crippen LogP contribution in [-0.4, -0.2) is 56.2 Å². The van der Waals surface area contributed by atoms with Gasteiger partial charge >= 0.3 is 0 Å². The molecule has 4 rings (SSSR count). The largest absolute Gasteiger partial charge is 0.334 e. The molecule has 3 aromatic rings. The second kappa shape index (κ2) is 7.75. The highest BCUT2D eigenvalue weighted by atomic mass is 16.2. The molecule has 1 aliphatic heterocycles. The van der Waals surface area contributed by atoms with Crippen LogP contribution >= 0.6 is 0 Å². The number of rotatable bonds is 5. The summed E-state index contributed by atoms with van der Waals surface area (Å²) in [6.45, 7) is 4.62. The topological polar surface area (TPSA) is 78.8 Å². The SMILES string of the molecule is CCN(C(=O)c1ncc(-c2cnn(-c3ccccc3)c2)[nH]1)C1CCNCC1. The number of piperidine rings is 1. The minimum atomic E-state index is -0.0360. The number of carbonyl (C=O) groups is 1. The third-order valence-corrected chi connectivity index (χ3v) is 5.04. The van der Waals surface area contributed by atoms with E-state index in [9.17, 15) is 4.79 Å². The highest BCUT2D eigenvalue weighted by molar-refractivity contribution is 5.91. The van der Waals surface area contributed by atoms with Crippen LogP contribution in [0.25, 0.3) is 16.9 Å². The predicted molar refractivity (Wildman–Crippen MR) is 104 cm³/mol. The first-order valence-electron chi connectivity index (χ1n) is 9.43. The first-order chi connectivity index (χ1) is 13.3. The normalized spacial score (nSPS) is 15.0. The van der Waals surface area contributed by atoms with Crippen molar-refractivity contribution in [2.75, 3.05) is 19.6 Å². The fourth-order valence-electron chi connectivity index (χ4n) is 3.58. The minimum absolute atomic E-state index is 0.0360. The molecule has 2 N–H and O–H groups in total. The fraction of sp³-hybridized carbons (Fsp3) is 0.350. The summed E-state index contributed by atoms with van der Waals surface area (Å²) in [6, 6.07) is 10.2. The Balaban J connectivity index is 1.53. The van der Waals surface area contributed by atoms with Gasteiger partial charge in [0.25, 0.3) is 5.91 Å². The monoisotopic (exact) mass is 364 g/mol. The Bertz CT molecular complexity index is 894. The van der Waals surface area contributed by atoms with Gasteiger partial charge in [0.05, 0.1) is 23.8 Å². The molecular weight excluding hydrogens is 340 g/mol. The molecule has 2 aromatic heterocycles. The molecule has 1 aromatic carbocycles. The van der Waals surface area contributed by atoms with Gasteiger partial charge in [-0.2, -0.15) is 5.10 Å². The summed E-state index contributed by atoms with van der Waals surface area (Å²) in [4.78, 5) is 22.4. The number of carbonyl (C=O) groups excluding carboxylic acids is 1. The van der Waals surface area contributed by atoms with E-state index in [-0.39, 0.29) is 11.9 Å². The molecule has 140 valence electrons. The molecule has 0 saturated carbocycles. The zero-order chi connectivity index (χ0) is 18.6. The summed E-state index contributed by atoms with van der Waals surface area (Å²) in [5.41, 5.74) is 2.68. The minimum Gasteiger partial charge on any atom is -0.334 e. The third kappa shape index (κ3) is 3.64. The molecule has 0 bridgehead atoms. The average molecular weight is 364 g/mol. The Labute approximate surface area is 158 Å². The molecule has 0 spiro atoms. The van der Waals surface area contributed by atoms with Gasteiger partial charge in [0, 0.05) is 24.3 Å². The summed E-state index contributed by atoms with van der Waals surface area (Å²) in [5.74, 6) is 0.351. The van der Waals surface area contributed by atoms with E-state index in [2.05, 4.69) is 20.4 Å². The van der Waals surface area contributed by atoms with E-state index in [1.165, 1.54) is 0 Å². The van der Waals surface area contributed by atoms with Crippen LogP contribution in [0.3, 0.4) is 0 Å². The second-order valence-corrected chi connectivity index (χ2v) is 6.73. The van der Waals surface area contributed by atoms with Crippen LogP contribution in [-0.2, 0) is 0 Å². The van der Waals surface area contributed by atoms with E-state index < -0.39 is 0 Å². The fourth-order valence-corrected chi connectivity index (χ4v) is 3.58. The highest BCUT2D eigenvalue weighted by Gasteiger charge is 2.26. The molecule has 27 heavy (non-hydrogen) atoms. The number of hydrogen-bond donors (Lipinski definition) is 2. The smallest absolute Gasteiger partial charge is 0.289 e. The van der Waals surface area contributed by atoms with Crippen LogP contribution in [0.1, 0.15) is 30.4 Å². The Morgan fingerprint density at radius 3 is 2.74 bits per heavy atom. The molecule has 0 atom stereocenters. The van der Waals surface area contributed by atoms with E-state index >= 15 is 0 Å². The molecule has 0 radical (unpaired) electrons. The molecule has 1 fully saturated rings. The number of nitrogens with zero attached hydrogens (tertiary/aromatic N) is 4. The number of para-hydroxylation sites is 1. The van der Waals surface area contributed by atoms with Gasteiger partial charge < -0.3 is 15.2 Å². The van der Waals surface area contributed by atoms with Crippen molar-refractivity contribution in [3.05, 3.63) is 54.7 Å². The van der Waals surface area contributed by atoms with Crippen LogP contribution in [0.5, 0.6) is 0 Å². The van der Waals surface area contributed by atoms with Crippen LogP contribution in [0.2, 0.25) is 0 Å². The molecule has 7 heteroatoms. The van der Waals surface area contributed by atoms with E-state index in [0.29, 0.717) is 12.4 Å². The molecule has 7 nitrogen and oxygen atoms in total. The maximum absolute atomic E-state index is 12.9. The van der Waals surface area contributed by atoms with Gasteiger partial charge in [0.1, 0.15) is 0 Å². The van der Waals surface area contributed by atoms with Crippen LogP contribution < -0.4 is 5.32 Å². The summed E-state index contributed by atoms with van der Waals surface area (Å²) in [5, 5.41) is 7.75. The van der Waals surface area contributed by atoms with Gasteiger partial charge in [0.2, 0.25) is 0 Å². The standard InChI is InChI=1S/C20H24N6O/c1-2-25(16-8-10-21-11-9-16)20(27)19-22-13-18(24-19)15-12-23-26(14-15)17-6-4-3-5-7-17/h3-7,12-14,16,21H,2,8-11H2,1H3,(H,22,24). The molecular formula is C20H24N6O. The Morgan fingerprint density at radius 2 is 2.00 bits per heavy atom. The summed E-state index contributed by atoms with van der Waals surface area (Å²) >= 11 is 0. The van der Waals surface area contributed by atoms with Crippen molar-refractivity contribution in [1.82, 2.24) is 30.0 Å². The van der Waals surface area contributed by atoms with E-state index in [0.717, 1.165) is 42.9 Å². The van der Waals surface area contributed by atoms with Crippen molar-refractivity contribution in [3.8, 4) is 16.9 Å². The zero-order valence-corrected chi connectivity index (χ0v) is 15.4. The van der Waals surface area contributed by atoms with E-state index in [1.54, 1.807) is 12.4 Å². The van der Waals surface area contributed by atoms with E-state index in [4.69, 9.17) is 0 Å². The maximum Gasteiger partial charge on any atom is 0.289 e. The number of aromatic amines is 1. The first kappa shape index (κ1) is 17.5. The quantitative estimate of drug-likeness (QED) is 0.729. The van der Waals surface area contributed by atoms with Crippen molar-refractivity contribution < 1.29 is 4.79 Å². The van der Waals surface area contributed by atoms with Crippen molar-refractivity contribution in [1.29, 1.82) is 0 Å². The lowest BCUT2D eigenvalue weighted by Crippen LogP contribution is -2.46. The predicted octanol–water partition coefficient (Wildman–Crippen LogP) is 2.48. The lowest BCUT2D eigenvalue weighted by molar-refractivity contribution is 0.0644. The zero-order valence-electron chi connectivity index (χ0n) is 15.4. The van der Waals surface area contributed by atoms with Crippen molar-refractivity contribution in [3.63, 3.8) is 0 Å². The molecule has 1 amide bonds. The van der Waals surface area contributed by atoms with Gasteiger partial charge in [-0.3, -0.25) is 4.79 Å². The lowest BCUT2D eigenvalue weighted by atomic mass is 10.0. The molecule has 1 aliphatic rings. The van der Waals surface area contributed by atoms with Crippen LogP contribution in [0.15, 0.2) is 48.9 Å². The molecule has 1 saturated heterocycles. The number of aromatic nitrogens is 4. The van der Waals surface area contributed by atoms with Gasteiger partial charge in [0.15, 0.2) is 5.82 Å². The maximum atomic E-state index is 12.9. The molecule has 0 aliphatic carbocycles. The number of hydrogen-bond acceptors (Lipinski definition) is 4.